The molecule has 2 aromatic rings. The van der Waals surface area contributed by atoms with Crippen LogP contribution in [-0.2, 0) is 16.6 Å². The molecule has 7 heteroatoms. The second-order valence-corrected chi connectivity index (χ2v) is 4.90. The maximum atomic E-state index is 11.5. The first kappa shape index (κ1) is 13.4. The summed E-state index contributed by atoms with van der Waals surface area (Å²) in [4.78, 5) is 26.5. The Bertz CT molecular complexity index is 623. The summed E-state index contributed by atoms with van der Waals surface area (Å²) in [6.07, 6.45) is 0. The van der Waals surface area contributed by atoms with E-state index in [1.54, 1.807) is 0 Å². The van der Waals surface area contributed by atoms with E-state index in [0.29, 0.717) is 0 Å². The van der Waals surface area contributed by atoms with Crippen molar-refractivity contribution in [1.29, 1.82) is 0 Å². The van der Waals surface area contributed by atoms with Crippen LogP contribution in [0.2, 0.25) is 0 Å². The molecule has 1 heterocycles. The second-order valence-electron chi connectivity index (χ2n) is 3.96. The van der Waals surface area contributed by atoms with Gasteiger partial charge in [-0.25, -0.2) is 4.98 Å². The van der Waals surface area contributed by atoms with E-state index in [0.717, 1.165) is 16.2 Å². The molecule has 0 spiro atoms. The molecule has 2 amide bonds. The number of imidazole rings is 1. The van der Waals surface area contributed by atoms with Gasteiger partial charge in [-0.05, 0) is 12.1 Å². The fraction of sp³-hybridized carbons (Fsp3) is 0.250. The molecule has 2 N–H and O–H groups in total. The number of hydrazine groups is 1. The molecule has 1 aromatic carbocycles. The van der Waals surface area contributed by atoms with Crippen LogP contribution in [0, 0.1) is 0 Å². The number of rotatable bonds is 3. The Morgan fingerprint density at radius 3 is 2.74 bits per heavy atom. The van der Waals surface area contributed by atoms with Crippen molar-refractivity contribution < 1.29 is 9.59 Å². The van der Waals surface area contributed by atoms with Gasteiger partial charge in [0.1, 0.15) is 0 Å². The fourth-order valence-electron chi connectivity index (χ4n) is 1.58. The first-order chi connectivity index (χ1) is 9.08. The smallest absolute Gasteiger partial charge is 0.248 e. The topological polar surface area (TPSA) is 76.0 Å². The molecule has 0 saturated carbocycles. The summed E-state index contributed by atoms with van der Waals surface area (Å²) in [7, 11) is 1.91. The third kappa shape index (κ3) is 3.25. The summed E-state index contributed by atoms with van der Waals surface area (Å²) in [6.45, 7) is 1.33. The fourth-order valence-corrected chi connectivity index (χ4v) is 2.36. The van der Waals surface area contributed by atoms with E-state index in [1.165, 1.54) is 18.7 Å². The Kier molecular flexibility index (Phi) is 4.06. The lowest BCUT2D eigenvalue weighted by Gasteiger charge is -2.04. The van der Waals surface area contributed by atoms with E-state index in [1.807, 2.05) is 35.9 Å². The molecule has 0 fully saturated rings. The van der Waals surface area contributed by atoms with Crippen LogP contribution >= 0.6 is 11.8 Å². The van der Waals surface area contributed by atoms with Gasteiger partial charge in [-0.3, -0.25) is 20.4 Å². The zero-order valence-corrected chi connectivity index (χ0v) is 11.5. The highest BCUT2D eigenvalue weighted by Gasteiger charge is 2.10. The largest absolute Gasteiger partial charge is 0.322 e. The number of fused-ring (bicyclic) bond motifs is 1. The highest BCUT2D eigenvalue weighted by Crippen LogP contribution is 2.22. The first-order valence-electron chi connectivity index (χ1n) is 5.67. The third-order valence-corrected chi connectivity index (χ3v) is 3.49. The predicted octanol–water partition coefficient (Wildman–Crippen LogP) is 0.833. The first-order valence-corrected chi connectivity index (χ1v) is 6.66. The number of amides is 2. The Balaban J connectivity index is 2.00. The number of carbonyl (C=O) groups excluding carboxylic acids is 2. The number of hydrogen-bond donors (Lipinski definition) is 2. The summed E-state index contributed by atoms with van der Waals surface area (Å²) in [6, 6.07) is 7.77. The van der Waals surface area contributed by atoms with Gasteiger partial charge in [0.15, 0.2) is 5.16 Å². The number of nitrogens with one attached hydrogen (secondary N) is 2. The molecule has 0 aliphatic heterocycles. The molecule has 100 valence electrons. The number of benzene rings is 1. The van der Waals surface area contributed by atoms with Crippen molar-refractivity contribution in [2.45, 2.75) is 12.1 Å². The number of thioether (sulfide) groups is 1. The molecule has 19 heavy (non-hydrogen) atoms. The molecule has 0 radical (unpaired) electrons. The molecule has 0 bridgehead atoms. The standard InChI is InChI=1S/C12H14N4O2S/c1-8(17)14-15-11(18)7-19-12-13-9-5-3-4-6-10(9)16(12)2/h3-6H,7H2,1-2H3,(H,14,17)(H,15,18). The average molecular weight is 278 g/mol. The van der Waals surface area contributed by atoms with Gasteiger partial charge in [-0.2, -0.15) is 0 Å². The van der Waals surface area contributed by atoms with Crippen molar-refractivity contribution in [3.05, 3.63) is 24.3 Å². The minimum absolute atomic E-state index is 0.192. The van der Waals surface area contributed by atoms with Crippen LogP contribution in [-0.4, -0.2) is 27.1 Å². The molecule has 0 saturated heterocycles. The number of nitrogens with zero attached hydrogens (tertiary/aromatic N) is 2. The zero-order chi connectivity index (χ0) is 13.8. The van der Waals surface area contributed by atoms with Gasteiger partial charge < -0.3 is 4.57 Å². The van der Waals surface area contributed by atoms with E-state index in [9.17, 15) is 9.59 Å². The minimum atomic E-state index is -0.305. The normalized spacial score (nSPS) is 10.4. The summed E-state index contributed by atoms with van der Waals surface area (Å²) in [5.41, 5.74) is 6.47. The van der Waals surface area contributed by atoms with Crippen LogP contribution in [0.4, 0.5) is 0 Å². The lowest BCUT2D eigenvalue weighted by molar-refractivity contribution is -0.126. The van der Waals surface area contributed by atoms with E-state index in [-0.39, 0.29) is 17.6 Å². The molecular weight excluding hydrogens is 264 g/mol. The van der Waals surface area contributed by atoms with Crippen LogP contribution < -0.4 is 10.9 Å². The van der Waals surface area contributed by atoms with Crippen molar-refractivity contribution in [2.75, 3.05) is 5.75 Å². The maximum absolute atomic E-state index is 11.5. The molecular formula is C12H14N4O2S. The van der Waals surface area contributed by atoms with E-state index in [4.69, 9.17) is 0 Å². The van der Waals surface area contributed by atoms with Crippen LogP contribution in [0.25, 0.3) is 11.0 Å². The number of aryl methyl sites for hydroxylation is 1. The molecule has 2 rings (SSSR count). The highest BCUT2D eigenvalue weighted by atomic mass is 32.2. The third-order valence-electron chi connectivity index (χ3n) is 2.46. The van der Waals surface area contributed by atoms with E-state index >= 15 is 0 Å². The van der Waals surface area contributed by atoms with Gasteiger partial charge in [0.2, 0.25) is 11.8 Å². The van der Waals surface area contributed by atoms with Crippen molar-refractivity contribution >= 4 is 34.6 Å². The summed E-state index contributed by atoms with van der Waals surface area (Å²) in [5, 5.41) is 0.763. The number of carbonyl (C=O) groups is 2. The van der Waals surface area contributed by atoms with E-state index < -0.39 is 0 Å². The molecule has 0 unspecified atom stereocenters. The Hall–Kier alpha value is -2.02. The van der Waals surface area contributed by atoms with Crippen LogP contribution in [0.5, 0.6) is 0 Å². The zero-order valence-electron chi connectivity index (χ0n) is 10.6. The van der Waals surface area contributed by atoms with E-state index in [2.05, 4.69) is 15.8 Å². The molecule has 1 aromatic heterocycles. The van der Waals surface area contributed by atoms with Gasteiger partial charge in [0.05, 0.1) is 16.8 Å². The van der Waals surface area contributed by atoms with Crippen LogP contribution in [0.15, 0.2) is 29.4 Å². The summed E-state index contributed by atoms with van der Waals surface area (Å²) < 4.78 is 1.94. The highest BCUT2D eigenvalue weighted by molar-refractivity contribution is 7.99. The Morgan fingerprint density at radius 1 is 1.32 bits per heavy atom. The lowest BCUT2D eigenvalue weighted by Crippen LogP contribution is -2.41. The SMILES string of the molecule is CC(=O)NNC(=O)CSc1nc2ccccc2n1C. The minimum Gasteiger partial charge on any atom is -0.322 e. The molecule has 0 atom stereocenters. The lowest BCUT2D eigenvalue weighted by atomic mass is 10.3. The van der Waals surface area contributed by atoms with Gasteiger partial charge in [0.25, 0.3) is 0 Å². The molecule has 0 aliphatic rings. The quantitative estimate of drug-likeness (QED) is 0.644. The van der Waals surface area contributed by atoms with Gasteiger partial charge in [-0.15, -0.1) is 0 Å². The van der Waals surface area contributed by atoms with Crippen molar-refractivity contribution in [3.8, 4) is 0 Å². The number of para-hydroxylation sites is 2. The number of aromatic nitrogens is 2. The maximum Gasteiger partial charge on any atom is 0.248 e. The van der Waals surface area contributed by atoms with Crippen molar-refractivity contribution in [3.63, 3.8) is 0 Å². The molecule has 6 nitrogen and oxygen atoms in total. The van der Waals surface area contributed by atoms with Crippen LogP contribution in [0.1, 0.15) is 6.92 Å². The van der Waals surface area contributed by atoms with Crippen LogP contribution in [0.3, 0.4) is 0 Å². The Labute approximate surface area is 114 Å². The number of hydrogen-bond acceptors (Lipinski definition) is 4. The second kappa shape index (κ2) is 5.75. The summed E-state index contributed by atoms with van der Waals surface area (Å²) >= 11 is 1.32. The summed E-state index contributed by atoms with van der Waals surface area (Å²) in [5.74, 6) is -0.384. The van der Waals surface area contributed by atoms with Gasteiger partial charge in [0, 0.05) is 14.0 Å². The predicted molar refractivity (Wildman–Crippen MR) is 73.4 cm³/mol. The Morgan fingerprint density at radius 2 is 2.05 bits per heavy atom. The average Bonchev–Trinajstić information content (AvgIpc) is 2.71. The van der Waals surface area contributed by atoms with Gasteiger partial charge in [-0.1, -0.05) is 23.9 Å². The molecule has 0 aliphatic carbocycles. The van der Waals surface area contributed by atoms with Crippen molar-refractivity contribution in [2.24, 2.45) is 7.05 Å². The monoisotopic (exact) mass is 278 g/mol. The van der Waals surface area contributed by atoms with Gasteiger partial charge >= 0.3 is 0 Å². The van der Waals surface area contributed by atoms with Crippen molar-refractivity contribution in [1.82, 2.24) is 20.4 Å².